The number of hydrogen-bond acceptors (Lipinski definition) is 2. The van der Waals surface area contributed by atoms with E-state index in [1.807, 2.05) is 38.1 Å². The van der Waals surface area contributed by atoms with Crippen molar-refractivity contribution in [2.45, 2.75) is 38.8 Å². The normalized spacial score (nSPS) is 21.4. The fourth-order valence-electron chi connectivity index (χ4n) is 2.50. The smallest absolute Gasteiger partial charge is 0.245 e. The Morgan fingerprint density at radius 1 is 1.40 bits per heavy atom. The maximum Gasteiger partial charge on any atom is 0.245 e. The van der Waals surface area contributed by atoms with Crippen LogP contribution >= 0.6 is 11.6 Å². The molecule has 0 aromatic heterocycles. The maximum absolute atomic E-state index is 12.5. The molecule has 2 unspecified atom stereocenters. The summed E-state index contributed by atoms with van der Waals surface area (Å²) in [6, 6.07) is 6.93. The molecule has 2 amide bonds. The maximum atomic E-state index is 12.5. The molecule has 108 valence electrons. The van der Waals surface area contributed by atoms with E-state index in [1.165, 1.54) is 0 Å². The van der Waals surface area contributed by atoms with Gasteiger partial charge in [0.15, 0.2) is 0 Å². The second-order valence-electron chi connectivity index (χ2n) is 5.01. The average molecular weight is 295 g/mol. The number of nitrogens with one attached hydrogen (secondary N) is 1. The summed E-state index contributed by atoms with van der Waals surface area (Å²) in [6.45, 7) is 4.27. The van der Waals surface area contributed by atoms with Gasteiger partial charge in [0, 0.05) is 18.0 Å². The number of benzene rings is 1. The van der Waals surface area contributed by atoms with E-state index in [1.54, 1.807) is 4.90 Å². The fourth-order valence-corrected chi connectivity index (χ4v) is 2.80. The second kappa shape index (κ2) is 6.27. The SMILES string of the molecule is CCC1NC(=O)CCN(C(C)c2ccccc2Cl)C1=O. The number of rotatable bonds is 3. The Kier molecular flexibility index (Phi) is 4.65. The van der Waals surface area contributed by atoms with E-state index < -0.39 is 6.04 Å². The molecule has 4 nitrogen and oxygen atoms in total. The van der Waals surface area contributed by atoms with Gasteiger partial charge in [0.25, 0.3) is 0 Å². The number of hydrogen-bond donors (Lipinski definition) is 1. The molecule has 1 N–H and O–H groups in total. The highest BCUT2D eigenvalue weighted by molar-refractivity contribution is 6.31. The molecule has 1 aromatic carbocycles. The summed E-state index contributed by atoms with van der Waals surface area (Å²) in [5.41, 5.74) is 0.909. The fraction of sp³-hybridized carbons (Fsp3) is 0.467. The van der Waals surface area contributed by atoms with Gasteiger partial charge in [-0.3, -0.25) is 9.59 Å². The van der Waals surface area contributed by atoms with Crippen LogP contribution in [0, 0.1) is 0 Å². The zero-order valence-corrected chi connectivity index (χ0v) is 12.5. The van der Waals surface area contributed by atoms with E-state index in [0.717, 1.165) is 5.56 Å². The molecule has 0 aliphatic carbocycles. The number of carbonyl (C=O) groups excluding carboxylic acids is 2. The molecule has 2 rings (SSSR count). The van der Waals surface area contributed by atoms with E-state index in [4.69, 9.17) is 11.6 Å². The molecule has 1 aliphatic rings. The van der Waals surface area contributed by atoms with Gasteiger partial charge in [-0.05, 0) is 25.0 Å². The third kappa shape index (κ3) is 2.96. The first kappa shape index (κ1) is 14.9. The lowest BCUT2D eigenvalue weighted by Gasteiger charge is -2.30. The van der Waals surface area contributed by atoms with E-state index in [0.29, 0.717) is 24.4 Å². The van der Waals surface area contributed by atoms with Crippen LogP contribution in [0.1, 0.15) is 38.3 Å². The first-order valence-corrected chi connectivity index (χ1v) is 7.26. The predicted molar refractivity (Wildman–Crippen MR) is 78.4 cm³/mol. The summed E-state index contributed by atoms with van der Waals surface area (Å²) in [7, 11) is 0. The molecule has 1 saturated heterocycles. The van der Waals surface area contributed by atoms with Crippen molar-refractivity contribution in [3.05, 3.63) is 34.9 Å². The van der Waals surface area contributed by atoms with E-state index in [2.05, 4.69) is 5.32 Å². The van der Waals surface area contributed by atoms with Crippen LogP contribution in [0.2, 0.25) is 5.02 Å². The zero-order chi connectivity index (χ0) is 14.7. The van der Waals surface area contributed by atoms with Gasteiger partial charge in [-0.25, -0.2) is 0 Å². The molecule has 0 saturated carbocycles. The second-order valence-corrected chi connectivity index (χ2v) is 5.41. The van der Waals surface area contributed by atoms with Crippen LogP contribution in [-0.2, 0) is 9.59 Å². The minimum atomic E-state index is -0.435. The van der Waals surface area contributed by atoms with Gasteiger partial charge in [-0.15, -0.1) is 0 Å². The molecule has 1 heterocycles. The molecule has 0 bridgehead atoms. The van der Waals surface area contributed by atoms with Crippen LogP contribution in [0.25, 0.3) is 0 Å². The zero-order valence-electron chi connectivity index (χ0n) is 11.7. The van der Waals surface area contributed by atoms with Crippen molar-refractivity contribution in [1.29, 1.82) is 0 Å². The van der Waals surface area contributed by atoms with Gasteiger partial charge in [0.2, 0.25) is 11.8 Å². The first-order chi connectivity index (χ1) is 9.54. The summed E-state index contributed by atoms with van der Waals surface area (Å²) >= 11 is 6.21. The lowest BCUT2D eigenvalue weighted by atomic mass is 10.1. The van der Waals surface area contributed by atoms with E-state index in [9.17, 15) is 9.59 Å². The Morgan fingerprint density at radius 2 is 2.10 bits per heavy atom. The summed E-state index contributed by atoms with van der Waals surface area (Å²) in [4.78, 5) is 25.9. The highest BCUT2D eigenvalue weighted by atomic mass is 35.5. The van der Waals surface area contributed by atoms with Crippen LogP contribution in [0.15, 0.2) is 24.3 Å². The summed E-state index contributed by atoms with van der Waals surface area (Å²) < 4.78 is 0. The summed E-state index contributed by atoms with van der Waals surface area (Å²) in [6.07, 6.45) is 0.924. The van der Waals surface area contributed by atoms with Crippen molar-refractivity contribution in [3.63, 3.8) is 0 Å². The Balaban J connectivity index is 2.28. The molecule has 0 radical (unpaired) electrons. The van der Waals surface area contributed by atoms with Crippen molar-refractivity contribution in [2.24, 2.45) is 0 Å². The minimum Gasteiger partial charge on any atom is -0.344 e. The van der Waals surface area contributed by atoms with Gasteiger partial charge in [-0.1, -0.05) is 36.7 Å². The molecular formula is C15H19ClN2O2. The van der Waals surface area contributed by atoms with Crippen LogP contribution in [0.4, 0.5) is 0 Å². The van der Waals surface area contributed by atoms with Crippen LogP contribution < -0.4 is 5.32 Å². The molecular weight excluding hydrogens is 276 g/mol. The van der Waals surface area contributed by atoms with Crippen molar-refractivity contribution < 1.29 is 9.59 Å². The van der Waals surface area contributed by atoms with Crippen molar-refractivity contribution >= 4 is 23.4 Å². The first-order valence-electron chi connectivity index (χ1n) is 6.88. The van der Waals surface area contributed by atoms with Crippen molar-refractivity contribution in [3.8, 4) is 0 Å². The van der Waals surface area contributed by atoms with Gasteiger partial charge in [0.05, 0.1) is 6.04 Å². The molecule has 5 heteroatoms. The Hall–Kier alpha value is -1.55. The van der Waals surface area contributed by atoms with Gasteiger partial charge >= 0.3 is 0 Å². The lowest BCUT2D eigenvalue weighted by molar-refractivity contribution is -0.135. The van der Waals surface area contributed by atoms with E-state index in [-0.39, 0.29) is 17.9 Å². The van der Waals surface area contributed by atoms with Gasteiger partial charge in [0.1, 0.15) is 6.04 Å². The van der Waals surface area contributed by atoms with E-state index >= 15 is 0 Å². The van der Waals surface area contributed by atoms with Gasteiger partial charge < -0.3 is 10.2 Å². The molecule has 0 spiro atoms. The number of halogens is 1. The molecule has 2 atom stereocenters. The molecule has 20 heavy (non-hydrogen) atoms. The minimum absolute atomic E-state index is 0.0363. The monoisotopic (exact) mass is 294 g/mol. The van der Waals surface area contributed by atoms with Crippen molar-refractivity contribution in [2.75, 3.05) is 6.54 Å². The van der Waals surface area contributed by atoms with Crippen LogP contribution in [0.5, 0.6) is 0 Å². The summed E-state index contributed by atoms with van der Waals surface area (Å²) in [5, 5.41) is 3.41. The highest BCUT2D eigenvalue weighted by Gasteiger charge is 2.32. The number of amides is 2. The quantitative estimate of drug-likeness (QED) is 0.931. The summed E-state index contributed by atoms with van der Waals surface area (Å²) in [5.74, 6) is -0.107. The standard InChI is InChI=1S/C15H19ClN2O2/c1-3-13-15(20)18(9-8-14(19)17-13)10(2)11-6-4-5-7-12(11)16/h4-7,10,13H,3,8-9H2,1-2H3,(H,17,19). The molecule has 1 aliphatic heterocycles. The third-order valence-electron chi connectivity index (χ3n) is 3.73. The van der Waals surface area contributed by atoms with Crippen molar-refractivity contribution in [1.82, 2.24) is 10.2 Å². The Labute approximate surface area is 124 Å². The molecule has 1 aromatic rings. The lowest BCUT2D eigenvalue weighted by Crippen LogP contribution is -2.45. The third-order valence-corrected chi connectivity index (χ3v) is 4.07. The van der Waals surface area contributed by atoms with Crippen LogP contribution in [-0.4, -0.2) is 29.3 Å². The Morgan fingerprint density at radius 3 is 2.75 bits per heavy atom. The van der Waals surface area contributed by atoms with Crippen LogP contribution in [0.3, 0.4) is 0 Å². The number of carbonyl (C=O) groups is 2. The number of nitrogens with zero attached hydrogens (tertiary/aromatic N) is 1. The van der Waals surface area contributed by atoms with Gasteiger partial charge in [-0.2, -0.15) is 0 Å². The highest BCUT2D eigenvalue weighted by Crippen LogP contribution is 2.28. The predicted octanol–water partition coefficient (Wildman–Crippen LogP) is 2.53. The Bertz CT molecular complexity index is 518. The topological polar surface area (TPSA) is 49.4 Å². The average Bonchev–Trinajstić information content (AvgIpc) is 2.58. The largest absolute Gasteiger partial charge is 0.344 e. The molecule has 1 fully saturated rings.